The van der Waals surface area contributed by atoms with Gasteiger partial charge >= 0.3 is 0 Å². The molecule has 0 aliphatic carbocycles. The Morgan fingerprint density at radius 1 is 0.952 bits per heavy atom. The molecule has 0 fully saturated rings. The minimum atomic E-state index is -0.323. The van der Waals surface area contributed by atoms with Crippen LogP contribution in [0.15, 0.2) is 71.5 Å². The Morgan fingerprint density at radius 2 is 1.62 bits per heavy atom. The number of hydrogen-bond donors (Lipinski definition) is 2. The van der Waals surface area contributed by atoms with Gasteiger partial charge in [0.1, 0.15) is 11.7 Å². The largest absolute Gasteiger partial charge is 0.385 e. The molecule has 0 radical (unpaired) electrons. The highest BCUT2D eigenvalue weighted by atomic mass is 35.5. The zero-order chi connectivity index (χ0) is 14.8. The molecule has 0 amide bonds. The molecule has 0 saturated heterocycles. The van der Waals surface area contributed by atoms with Gasteiger partial charge in [0.25, 0.3) is 0 Å². The fourth-order valence-corrected chi connectivity index (χ4v) is 2.59. The molecular formula is C16H15ClN4. The Bertz CT molecular complexity index is 709. The molecule has 106 valence electrons. The van der Waals surface area contributed by atoms with E-state index in [9.17, 15) is 0 Å². The minimum Gasteiger partial charge on any atom is -0.385 e. The summed E-state index contributed by atoms with van der Waals surface area (Å²) in [5.74, 6) is 0.925. The van der Waals surface area contributed by atoms with Gasteiger partial charge in [0.15, 0.2) is 6.17 Å². The van der Waals surface area contributed by atoms with Gasteiger partial charge in [-0.15, -0.1) is 0 Å². The summed E-state index contributed by atoms with van der Waals surface area (Å²) >= 11 is 6.31. The number of halogens is 1. The molecule has 1 atom stereocenters. The van der Waals surface area contributed by atoms with Crippen molar-refractivity contribution in [2.45, 2.75) is 6.17 Å². The quantitative estimate of drug-likeness (QED) is 0.895. The first kappa shape index (κ1) is 13.5. The number of para-hydroxylation sites is 1. The standard InChI is InChI=1S/C16H15ClN4/c17-12-8-4-5-9-13(12)21-15(19)10-14(18)20-16(21)11-6-2-1-3-7-11/h1-10,16H,19H2,(H2,18,20)/t16-/m0/s1. The molecule has 3 rings (SSSR count). The molecule has 2 aromatic carbocycles. The number of hydrogen-bond acceptors (Lipinski definition) is 4. The van der Waals surface area contributed by atoms with Crippen molar-refractivity contribution >= 4 is 23.1 Å². The lowest BCUT2D eigenvalue weighted by Crippen LogP contribution is -2.37. The highest BCUT2D eigenvalue weighted by Crippen LogP contribution is 2.36. The molecule has 1 heterocycles. The summed E-state index contributed by atoms with van der Waals surface area (Å²) in [6.07, 6.45) is 1.32. The number of nitrogens with two attached hydrogens (primary N) is 2. The predicted octanol–water partition coefficient (Wildman–Crippen LogP) is 3.02. The monoisotopic (exact) mass is 298 g/mol. The van der Waals surface area contributed by atoms with Crippen LogP contribution in [0.5, 0.6) is 0 Å². The number of anilines is 1. The van der Waals surface area contributed by atoms with Gasteiger partial charge in [-0.2, -0.15) is 0 Å². The summed E-state index contributed by atoms with van der Waals surface area (Å²) in [5, 5.41) is 0.616. The minimum absolute atomic E-state index is 0.323. The molecule has 1 aliphatic rings. The zero-order valence-electron chi connectivity index (χ0n) is 11.3. The first-order chi connectivity index (χ1) is 10.2. The first-order valence-corrected chi connectivity index (χ1v) is 6.94. The number of aliphatic imine (C=N–C) groups is 1. The second-order valence-electron chi connectivity index (χ2n) is 4.73. The average molecular weight is 299 g/mol. The van der Waals surface area contributed by atoms with Crippen LogP contribution in [0.25, 0.3) is 0 Å². The van der Waals surface area contributed by atoms with Gasteiger partial charge in [-0.1, -0.05) is 54.1 Å². The topological polar surface area (TPSA) is 67.6 Å². The Balaban J connectivity index is 2.12. The van der Waals surface area contributed by atoms with E-state index < -0.39 is 0 Å². The van der Waals surface area contributed by atoms with Gasteiger partial charge in [-0.3, -0.25) is 4.90 Å². The van der Waals surface area contributed by atoms with E-state index in [0.717, 1.165) is 11.3 Å². The van der Waals surface area contributed by atoms with Gasteiger partial charge in [0.05, 0.1) is 10.7 Å². The van der Waals surface area contributed by atoms with Crippen LogP contribution in [0.1, 0.15) is 11.7 Å². The molecule has 0 spiro atoms. The lowest BCUT2D eigenvalue weighted by atomic mass is 10.1. The van der Waals surface area contributed by atoms with Crippen molar-refractivity contribution in [3.63, 3.8) is 0 Å². The van der Waals surface area contributed by atoms with Crippen molar-refractivity contribution in [2.75, 3.05) is 4.90 Å². The average Bonchev–Trinajstić information content (AvgIpc) is 2.49. The number of amidine groups is 1. The fraction of sp³-hybridized carbons (Fsp3) is 0.0625. The highest BCUT2D eigenvalue weighted by Gasteiger charge is 2.27. The molecule has 0 saturated carbocycles. The van der Waals surface area contributed by atoms with Crippen LogP contribution in [0.4, 0.5) is 5.69 Å². The number of nitrogens with zero attached hydrogens (tertiary/aromatic N) is 2. The molecule has 21 heavy (non-hydrogen) atoms. The van der Waals surface area contributed by atoms with Crippen molar-refractivity contribution in [2.24, 2.45) is 16.5 Å². The summed E-state index contributed by atoms with van der Waals surface area (Å²) in [7, 11) is 0. The van der Waals surface area contributed by atoms with Gasteiger partial charge in [-0.25, -0.2) is 4.99 Å². The van der Waals surface area contributed by atoms with Gasteiger partial charge in [-0.05, 0) is 17.7 Å². The molecule has 0 unspecified atom stereocenters. The summed E-state index contributed by atoms with van der Waals surface area (Å²) < 4.78 is 0. The number of rotatable bonds is 2. The number of benzene rings is 2. The predicted molar refractivity (Wildman–Crippen MR) is 87.0 cm³/mol. The third-order valence-electron chi connectivity index (χ3n) is 3.30. The van der Waals surface area contributed by atoms with E-state index in [1.165, 1.54) is 0 Å². The summed E-state index contributed by atoms with van der Waals surface area (Å²) in [6.45, 7) is 0. The lowest BCUT2D eigenvalue weighted by Gasteiger charge is -2.34. The zero-order valence-corrected chi connectivity index (χ0v) is 12.0. The van der Waals surface area contributed by atoms with Crippen molar-refractivity contribution in [1.29, 1.82) is 0 Å². The summed E-state index contributed by atoms with van der Waals surface area (Å²) in [4.78, 5) is 6.39. The van der Waals surface area contributed by atoms with Crippen molar-refractivity contribution in [3.8, 4) is 0 Å². The van der Waals surface area contributed by atoms with E-state index in [2.05, 4.69) is 4.99 Å². The van der Waals surface area contributed by atoms with Crippen molar-refractivity contribution < 1.29 is 0 Å². The highest BCUT2D eigenvalue weighted by molar-refractivity contribution is 6.33. The smallest absolute Gasteiger partial charge is 0.154 e. The van der Waals surface area contributed by atoms with Crippen LogP contribution in [0.3, 0.4) is 0 Å². The normalized spacial score (nSPS) is 18.1. The van der Waals surface area contributed by atoms with Gasteiger partial charge in [0.2, 0.25) is 0 Å². The van der Waals surface area contributed by atoms with Crippen LogP contribution in [0, 0.1) is 0 Å². The molecule has 5 heteroatoms. The molecule has 0 bridgehead atoms. The maximum Gasteiger partial charge on any atom is 0.154 e. The van der Waals surface area contributed by atoms with E-state index in [1.807, 2.05) is 59.5 Å². The molecular weight excluding hydrogens is 284 g/mol. The van der Waals surface area contributed by atoms with E-state index in [4.69, 9.17) is 23.1 Å². The van der Waals surface area contributed by atoms with Crippen LogP contribution >= 0.6 is 11.6 Å². The van der Waals surface area contributed by atoms with Crippen LogP contribution in [-0.2, 0) is 0 Å². The molecule has 0 aromatic heterocycles. The summed E-state index contributed by atoms with van der Waals surface area (Å²) in [6, 6.07) is 17.4. The Morgan fingerprint density at radius 3 is 2.33 bits per heavy atom. The van der Waals surface area contributed by atoms with Crippen LogP contribution in [-0.4, -0.2) is 5.84 Å². The maximum absolute atomic E-state index is 6.31. The van der Waals surface area contributed by atoms with Crippen molar-refractivity contribution in [3.05, 3.63) is 77.1 Å². The Labute approximate surface area is 128 Å². The molecule has 2 aromatic rings. The van der Waals surface area contributed by atoms with E-state index >= 15 is 0 Å². The van der Waals surface area contributed by atoms with Crippen molar-refractivity contribution in [1.82, 2.24) is 0 Å². The molecule has 1 aliphatic heterocycles. The third kappa shape index (κ3) is 2.58. The second kappa shape index (κ2) is 5.50. The summed E-state index contributed by atoms with van der Waals surface area (Å²) in [5.41, 5.74) is 13.8. The van der Waals surface area contributed by atoms with E-state index in [0.29, 0.717) is 16.7 Å². The Hall–Kier alpha value is -2.46. The molecule has 4 nitrogen and oxygen atoms in total. The second-order valence-corrected chi connectivity index (χ2v) is 5.14. The van der Waals surface area contributed by atoms with Gasteiger partial charge < -0.3 is 11.5 Å². The van der Waals surface area contributed by atoms with Crippen LogP contribution in [0.2, 0.25) is 5.02 Å². The van der Waals surface area contributed by atoms with Gasteiger partial charge in [0, 0.05) is 6.08 Å². The molecule has 4 N–H and O–H groups in total. The van der Waals surface area contributed by atoms with E-state index in [-0.39, 0.29) is 6.17 Å². The third-order valence-corrected chi connectivity index (χ3v) is 3.62. The SMILES string of the molecule is NC1=CC(N)=N[C@H](c2ccccc2)N1c1ccccc1Cl. The van der Waals surface area contributed by atoms with Crippen LogP contribution < -0.4 is 16.4 Å². The fourth-order valence-electron chi connectivity index (χ4n) is 2.37. The van der Waals surface area contributed by atoms with E-state index in [1.54, 1.807) is 6.08 Å². The lowest BCUT2D eigenvalue weighted by molar-refractivity contribution is 0.693. The first-order valence-electron chi connectivity index (χ1n) is 6.56. The Kier molecular flexibility index (Phi) is 3.54. The maximum atomic E-state index is 6.31.